The molecule has 0 aliphatic carbocycles. The van der Waals surface area contributed by atoms with E-state index >= 15 is 0 Å². The third-order valence-electron chi connectivity index (χ3n) is 3.03. The van der Waals surface area contributed by atoms with Gasteiger partial charge in [-0.2, -0.15) is 0 Å². The van der Waals surface area contributed by atoms with Crippen molar-refractivity contribution in [3.8, 4) is 0 Å². The van der Waals surface area contributed by atoms with E-state index in [4.69, 9.17) is 0 Å². The van der Waals surface area contributed by atoms with Gasteiger partial charge in [-0.05, 0) is 19.4 Å². The minimum Gasteiger partial charge on any atom is -0.315 e. The fourth-order valence-electron chi connectivity index (χ4n) is 2.21. The molecule has 0 saturated carbocycles. The van der Waals surface area contributed by atoms with E-state index in [0.717, 1.165) is 32.6 Å². The van der Waals surface area contributed by atoms with Crippen molar-refractivity contribution in [2.75, 3.05) is 26.2 Å². The highest BCUT2D eigenvalue weighted by atomic mass is 16.2. The molecule has 2 N–H and O–H groups in total. The predicted octanol–water partition coefficient (Wildman–Crippen LogP) is -0.913. The molecule has 0 radical (unpaired) electrons. The molecule has 2 aliphatic rings. The Bertz CT molecular complexity index is 259. The van der Waals surface area contributed by atoms with Crippen molar-refractivity contribution >= 4 is 11.8 Å². The van der Waals surface area contributed by atoms with Crippen LogP contribution in [0.4, 0.5) is 0 Å². The molecule has 84 valence electrons. The minimum atomic E-state index is -0.135. The second kappa shape index (κ2) is 4.72. The monoisotopic (exact) mass is 211 g/mol. The maximum absolute atomic E-state index is 11.6. The van der Waals surface area contributed by atoms with Gasteiger partial charge in [-0.1, -0.05) is 0 Å². The van der Waals surface area contributed by atoms with Gasteiger partial charge in [0.2, 0.25) is 11.8 Å². The summed E-state index contributed by atoms with van der Waals surface area (Å²) >= 11 is 0. The second-order valence-corrected chi connectivity index (χ2v) is 4.11. The Morgan fingerprint density at radius 1 is 1.20 bits per heavy atom. The summed E-state index contributed by atoms with van der Waals surface area (Å²) in [5, 5.41) is 5.71. The fourth-order valence-corrected chi connectivity index (χ4v) is 2.21. The van der Waals surface area contributed by atoms with Crippen LogP contribution < -0.4 is 10.6 Å². The molecule has 5 heteroatoms. The Hall–Kier alpha value is -0.940. The average Bonchev–Trinajstić information content (AvgIpc) is 2.46. The number of nitrogens with one attached hydrogen (secondary N) is 2. The van der Waals surface area contributed by atoms with Gasteiger partial charge in [0.15, 0.2) is 0 Å². The van der Waals surface area contributed by atoms with E-state index in [9.17, 15) is 9.59 Å². The molecular formula is C10H17N3O2. The van der Waals surface area contributed by atoms with Gasteiger partial charge in [-0.25, -0.2) is 0 Å². The van der Waals surface area contributed by atoms with Crippen molar-refractivity contribution in [1.29, 1.82) is 0 Å². The van der Waals surface area contributed by atoms with Crippen LogP contribution in [0.5, 0.6) is 0 Å². The summed E-state index contributed by atoms with van der Waals surface area (Å²) in [6.07, 6.45) is 2.21. The van der Waals surface area contributed by atoms with Crippen molar-refractivity contribution in [2.24, 2.45) is 0 Å². The number of piperidine rings is 1. The van der Waals surface area contributed by atoms with Crippen LogP contribution in [0.1, 0.15) is 19.3 Å². The number of imide groups is 1. The van der Waals surface area contributed by atoms with Crippen molar-refractivity contribution < 1.29 is 9.59 Å². The summed E-state index contributed by atoms with van der Waals surface area (Å²) in [5.41, 5.74) is 0. The molecule has 0 bridgehead atoms. The molecule has 1 unspecified atom stereocenters. The molecule has 5 nitrogen and oxygen atoms in total. The van der Waals surface area contributed by atoms with Gasteiger partial charge in [0.05, 0.1) is 6.04 Å². The standard InChI is InChI=1S/C10H17N3O2/c14-9-3-2-8(10(15)12-9)13-6-1-4-11-5-7-13/h8,11H,1-7H2,(H,12,14,15). The SMILES string of the molecule is O=C1CCC(N2CCCNCC2)C(=O)N1. The van der Waals surface area contributed by atoms with Gasteiger partial charge >= 0.3 is 0 Å². The Balaban J connectivity index is 1.96. The normalized spacial score (nSPS) is 29.7. The van der Waals surface area contributed by atoms with Crippen molar-refractivity contribution in [3.63, 3.8) is 0 Å². The summed E-state index contributed by atoms with van der Waals surface area (Å²) in [7, 11) is 0. The molecule has 15 heavy (non-hydrogen) atoms. The van der Waals surface area contributed by atoms with Crippen LogP contribution in [0.3, 0.4) is 0 Å². The van der Waals surface area contributed by atoms with Crippen LogP contribution >= 0.6 is 0 Å². The lowest BCUT2D eigenvalue weighted by molar-refractivity contribution is -0.137. The highest BCUT2D eigenvalue weighted by molar-refractivity contribution is 6.00. The number of carbonyl (C=O) groups is 2. The van der Waals surface area contributed by atoms with Crippen LogP contribution in [0.25, 0.3) is 0 Å². The van der Waals surface area contributed by atoms with Gasteiger partial charge < -0.3 is 5.32 Å². The lowest BCUT2D eigenvalue weighted by Crippen LogP contribution is -2.53. The zero-order valence-corrected chi connectivity index (χ0v) is 8.79. The van der Waals surface area contributed by atoms with E-state index in [1.165, 1.54) is 0 Å². The van der Waals surface area contributed by atoms with Gasteiger partial charge in [-0.3, -0.25) is 19.8 Å². The molecule has 2 rings (SSSR count). The topological polar surface area (TPSA) is 61.4 Å². The lowest BCUT2D eigenvalue weighted by Gasteiger charge is -2.31. The maximum atomic E-state index is 11.6. The van der Waals surface area contributed by atoms with E-state index in [0.29, 0.717) is 12.8 Å². The highest BCUT2D eigenvalue weighted by Gasteiger charge is 2.31. The first-order valence-electron chi connectivity index (χ1n) is 5.56. The molecule has 0 aromatic carbocycles. The zero-order valence-electron chi connectivity index (χ0n) is 8.79. The van der Waals surface area contributed by atoms with Gasteiger partial charge in [0.25, 0.3) is 0 Å². The summed E-state index contributed by atoms with van der Waals surface area (Å²) in [6, 6.07) is -0.0948. The number of nitrogens with zero attached hydrogens (tertiary/aromatic N) is 1. The van der Waals surface area contributed by atoms with Crippen molar-refractivity contribution in [2.45, 2.75) is 25.3 Å². The second-order valence-electron chi connectivity index (χ2n) is 4.11. The molecule has 2 amide bonds. The van der Waals surface area contributed by atoms with E-state index < -0.39 is 0 Å². The Labute approximate surface area is 89.2 Å². The molecule has 2 aliphatic heterocycles. The number of hydrogen-bond donors (Lipinski definition) is 2. The highest BCUT2D eigenvalue weighted by Crippen LogP contribution is 2.13. The first-order chi connectivity index (χ1) is 7.27. The van der Waals surface area contributed by atoms with Crippen molar-refractivity contribution in [3.05, 3.63) is 0 Å². The average molecular weight is 211 g/mol. The summed E-state index contributed by atoms with van der Waals surface area (Å²) < 4.78 is 0. The summed E-state index contributed by atoms with van der Waals surface area (Å²) in [5.74, 6) is -0.252. The maximum Gasteiger partial charge on any atom is 0.243 e. The summed E-state index contributed by atoms with van der Waals surface area (Å²) in [6.45, 7) is 3.78. The molecule has 2 heterocycles. The molecule has 1 atom stereocenters. The van der Waals surface area contributed by atoms with Crippen LogP contribution in [0, 0.1) is 0 Å². The Kier molecular flexibility index (Phi) is 3.33. The first-order valence-corrected chi connectivity index (χ1v) is 5.56. The van der Waals surface area contributed by atoms with E-state index in [-0.39, 0.29) is 17.9 Å². The van der Waals surface area contributed by atoms with Crippen LogP contribution in [-0.2, 0) is 9.59 Å². The number of rotatable bonds is 1. The zero-order chi connectivity index (χ0) is 10.7. The van der Waals surface area contributed by atoms with Crippen molar-refractivity contribution in [1.82, 2.24) is 15.5 Å². The largest absolute Gasteiger partial charge is 0.315 e. The molecule has 0 aromatic heterocycles. The van der Waals surface area contributed by atoms with Gasteiger partial charge in [-0.15, -0.1) is 0 Å². The predicted molar refractivity (Wildman–Crippen MR) is 55.2 cm³/mol. The molecule has 2 saturated heterocycles. The van der Waals surface area contributed by atoms with Gasteiger partial charge in [0.1, 0.15) is 0 Å². The smallest absolute Gasteiger partial charge is 0.243 e. The number of hydrogen-bond acceptors (Lipinski definition) is 4. The molecule has 0 spiro atoms. The third kappa shape index (κ3) is 2.54. The van der Waals surface area contributed by atoms with Crippen LogP contribution in [0.2, 0.25) is 0 Å². The van der Waals surface area contributed by atoms with Crippen LogP contribution in [-0.4, -0.2) is 48.9 Å². The Morgan fingerprint density at radius 3 is 2.87 bits per heavy atom. The number of carbonyl (C=O) groups excluding carboxylic acids is 2. The first kappa shape index (κ1) is 10.6. The van der Waals surface area contributed by atoms with E-state index in [2.05, 4.69) is 15.5 Å². The molecular weight excluding hydrogens is 194 g/mol. The van der Waals surface area contributed by atoms with E-state index in [1.54, 1.807) is 0 Å². The molecule has 2 fully saturated rings. The number of amides is 2. The minimum absolute atomic E-state index is 0.0948. The van der Waals surface area contributed by atoms with Crippen LogP contribution in [0.15, 0.2) is 0 Å². The summed E-state index contributed by atoms with van der Waals surface area (Å²) in [4.78, 5) is 24.8. The fraction of sp³-hybridized carbons (Fsp3) is 0.800. The van der Waals surface area contributed by atoms with Gasteiger partial charge in [0, 0.05) is 26.1 Å². The van der Waals surface area contributed by atoms with E-state index in [1.807, 2.05) is 0 Å². The Morgan fingerprint density at radius 2 is 2.07 bits per heavy atom. The quantitative estimate of drug-likeness (QED) is 0.551. The lowest BCUT2D eigenvalue weighted by atomic mass is 10.0. The molecule has 0 aromatic rings. The third-order valence-corrected chi connectivity index (χ3v) is 3.03.